The molecule has 1 unspecified atom stereocenters. The number of thioether (sulfide) groups is 1. The predicted molar refractivity (Wildman–Crippen MR) is 101 cm³/mol. The molecule has 0 spiro atoms. The third-order valence-corrected chi connectivity index (χ3v) is 5.04. The van der Waals surface area contributed by atoms with Crippen molar-refractivity contribution in [3.05, 3.63) is 34.2 Å². The molecule has 2 aromatic heterocycles. The van der Waals surface area contributed by atoms with E-state index in [-0.39, 0.29) is 29.4 Å². The molecule has 136 valence electrons. The van der Waals surface area contributed by atoms with E-state index in [1.165, 1.54) is 17.3 Å². The number of nitrogens with one attached hydrogen (secondary N) is 2. The van der Waals surface area contributed by atoms with Gasteiger partial charge in [-0.05, 0) is 43.4 Å². The van der Waals surface area contributed by atoms with Crippen LogP contribution in [0.4, 0.5) is 5.82 Å². The molecule has 0 aliphatic rings. The smallest absolute Gasteiger partial charge is 0.235 e. The van der Waals surface area contributed by atoms with E-state index in [0.717, 1.165) is 0 Å². The summed E-state index contributed by atoms with van der Waals surface area (Å²) in [5.74, 6) is 1.13. The van der Waals surface area contributed by atoms with Crippen LogP contribution in [0, 0.1) is 6.92 Å². The highest BCUT2D eigenvalue weighted by molar-refractivity contribution is 8.00. The molecule has 2 heterocycles. The Morgan fingerprint density at radius 2 is 2.12 bits per heavy atom. The number of carbonyl (C=O) groups is 2. The SMILES string of the molecule is Cc1cc(NC(=O)CSCC(=O)NCC(c2ccsc2)N(C)C)no1. The van der Waals surface area contributed by atoms with Gasteiger partial charge in [-0.2, -0.15) is 11.3 Å². The summed E-state index contributed by atoms with van der Waals surface area (Å²) in [6.07, 6.45) is 0. The van der Waals surface area contributed by atoms with Crippen LogP contribution in [-0.4, -0.2) is 54.0 Å². The van der Waals surface area contributed by atoms with E-state index < -0.39 is 0 Å². The summed E-state index contributed by atoms with van der Waals surface area (Å²) in [5.41, 5.74) is 1.19. The quantitative estimate of drug-likeness (QED) is 0.691. The minimum Gasteiger partial charge on any atom is -0.360 e. The van der Waals surface area contributed by atoms with Gasteiger partial charge in [0, 0.05) is 12.6 Å². The van der Waals surface area contributed by atoms with Crippen LogP contribution in [-0.2, 0) is 9.59 Å². The molecule has 25 heavy (non-hydrogen) atoms. The van der Waals surface area contributed by atoms with E-state index in [1.54, 1.807) is 24.3 Å². The molecular weight excluding hydrogens is 360 g/mol. The Morgan fingerprint density at radius 3 is 2.72 bits per heavy atom. The van der Waals surface area contributed by atoms with E-state index >= 15 is 0 Å². The molecule has 0 saturated heterocycles. The molecule has 0 aliphatic carbocycles. The summed E-state index contributed by atoms with van der Waals surface area (Å²) in [6, 6.07) is 3.84. The molecule has 0 aliphatic heterocycles. The zero-order valence-electron chi connectivity index (χ0n) is 14.4. The molecule has 0 fully saturated rings. The molecule has 2 rings (SSSR count). The predicted octanol–water partition coefficient (Wildman–Crippen LogP) is 2.14. The van der Waals surface area contributed by atoms with E-state index in [4.69, 9.17) is 4.52 Å². The second-order valence-corrected chi connectivity index (χ2v) is 7.47. The Hall–Kier alpha value is -1.84. The number of anilines is 1. The Bertz CT molecular complexity index is 685. The number of aromatic nitrogens is 1. The van der Waals surface area contributed by atoms with Crippen LogP contribution in [0.3, 0.4) is 0 Å². The summed E-state index contributed by atoms with van der Waals surface area (Å²) in [7, 11) is 3.97. The highest BCUT2D eigenvalue weighted by Gasteiger charge is 2.16. The number of rotatable bonds is 9. The van der Waals surface area contributed by atoms with Gasteiger partial charge in [0.15, 0.2) is 5.82 Å². The van der Waals surface area contributed by atoms with Crippen LogP contribution in [0.1, 0.15) is 17.4 Å². The number of hydrogen-bond donors (Lipinski definition) is 2. The molecule has 9 heteroatoms. The van der Waals surface area contributed by atoms with Gasteiger partial charge in [0.05, 0.1) is 17.5 Å². The average Bonchev–Trinajstić information content (AvgIpc) is 3.19. The molecular formula is C16H22N4O3S2. The van der Waals surface area contributed by atoms with Gasteiger partial charge in [-0.25, -0.2) is 0 Å². The summed E-state index contributed by atoms with van der Waals surface area (Å²) in [4.78, 5) is 25.8. The van der Waals surface area contributed by atoms with Crippen molar-refractivity contribution >= 4 is 40.7 Å². The van der Waals surface area contributed by atoms with Crippen LogP contribution < -0.4 is 10.6 Å². The maximum atomic E-state index is 12.0. The minimum absolute atomic E-state index is 0.0860. The normalized spacial score (nSPS) is 12.2. The fourth-order valence-corrected chi connectivity index (χ4v) is 3.52. The number of carbonyl (C=O) groups excluding carboxylic acids is 2. The number of amides is 2. The summed E-state index contributed by atoms with van der Waals surface area (Å²) < 4.78 is 4.87. The van der Waals surface area contributed by atoms with Crippen molar-refractivity contribution in [1.82, 2.24) is 15.4 Å². The number of likely N-dealkylation sites (N-methyl/N-ethyl adjacent to an activating group) is 1. The van der Waals surface area contributed by atoms with E-state index in [9.17, 15) is 9.59 Å². The van der Waals surface area contributed by atoms with E-state index in [0.29, 0.717) is 18.1 Å². The van der Waals surface area contributed by atoms with Crippen LogP contribution >= 0.6 is 23.1 Å². The lowest BCUT2D eigenvalue weighted by molar-refractivity contribution is -0.118. The van der Waals surface area contributed by atoms with Crippen LogP contribution in [0.25, 0.3) is 0 Å². The van der Waals surface area contributed by atoms with Crippen LogP contribution in [0.5, 0.6) is 0 Å². The molecule has 2 aromatic rings. The molecule has 0 aromatic carbocycles. The van der Waals surface area contributed by atoms with E-state index in [2.05, 4.69) is 32.1 Å². The van der Waals surface area contributed by atoms with E-state index in [1.807, 2.05) is 19.5 Å². The average molecular weight is 383 g/mol. The Kier molecular flexibility index (Phi) is 7.48. The first-order valence-electron chi connectivity index (χ1n) is 7.72. The second-order valence-electron chi connectivity index (χ2n) is 5.70. The van der Waals surface area contributed by atoms with Crippen LogP contribution in [0.15, 0.2) is 27.4 Å². The summed E-state index contributed by atoms with van der Waals surface area (Å²) in [6.45, 7) is 2.28. The molecule has 0 saturated carbocycles. The standard InChI is InChI=1S/C16H22N4O3S2/c1-11-6-14(19-23-11)18-16(22)10-25-9-15(21)17-7-13(20(2)3)12-4-5-24-8-12/h4-6,8,13H,7,9-10H2,1-3H3,(H,17,21)(H,18,19,22). The fraction of sp³-hybridized carbons (Fsp3) is 0.438. The molecule has 2 amide bonds. The topological polar surface area (TPSA) is 87.5 Å². The zero-order chi connectivity index (χ0) is 18.2. The number of aryl methyl sites for hydroxylation is 1. The summed E-state index contributed by atoms with van der Waals surface area (Å²) in [5, 5.41) is 13.3. The van der Waals surface area contributed by atoms with Gasteiger partial charge >= 0.3 is 0 Å². The Morgan fingerprint density at radius 1 is 1.36 bits per heavy atom. The van der Waals surface area contributed by atoms with Gasteiger partial charge in [-0.15, -0.1) is 11.8 Å². The third-order valence-electron chi connectivity index (χ3n) is 3.41. The maximum Gasteiger partial charge on any atom is 0.235 e. The number of hydrogen-bond acceptors (Lipinski definition) is 7. The van der Waals surface area contributed by atoms with Crippen molar-refractivity contribution in [3.8, 4) is 0 Å². The first-order valence-corrected chi connectivity index (χ1v) is 9.81. The highest BCUT2D eigenvalue weighted by atomic mass is 32.2. The van der Waals surface area contributed by atoms with Crippen molar-refractivity contribution < 1.29 is 14.1 Å². The highest BCUT2D eigenvalue weighted by Crippen LogP contribution is 2.20. The summed E-state index contributed by atoms with van der Waals surface area (Å²) >= 11 is 2.90. The lowest BCUT2D eigenvalue weighted by atomic mass is 10.1. The first kappa shape index (κ1) is 19.5. The minimum atomic E-state index is -0.212. The number of thiophene rings is 1. The second kappa shape index (κ2) is 9.59. The lowest BCUT2D eigenvalue weighted by Gasteiger charge is -2.23. The third kappa shape index (κ3) is 6.52. The Labute approximate surface area is 155 Å². The molecule has 7 nitrogen and oxygen atoms in total. The van der Waals surface area contributed by atoms with Crippen LogP contribution in [0.2, 0.25) is 0 Å². The molecule has 0 radical (unpaired) electrons. The van der Waals surface area contributed by atoms with Gasteiger partial charge in [0.1, 0.15) is 5.76 Å². The van der Waals surface area contributed by atoms with Gasteiger partial charge in [-0.1, -0.05) is 5.16 Å². The molecule has 1 atom stereocenters. The molecule has 0 bridgehead atoms. The lowest BCUT2D eigenvalue weighted by Crippen LogP contribution is -2.35. The first-order chi connectivity index (χ1) is 12.0. The molecule has 2 N–H and O–H groups in total. The van der Waals surface area contributed by atoms with Crippen molar-refractivity contribution in [2.75, 3.05) is 37.5 Å². The van der Waals surface area contributed by atoms with Gasteiger partial charge in [-0.3, -0.25) is 9.59 Å². The van der Waals surface area contributed by atoms with Crippen molar-refractivity contribution in [1.29, 1.82) is 0 Å². The fourth-order valence-electron chi connectivity index (χ4n) is 2.17. The van der Waals surface area contributed by atoms with Gasteiger partial charge < -0.3 is 20.1 Å². The van der Waals surface area contributed by atoms with Gasteiger partial charge in [0.25, 0.3) is 0 Å². The van der Waals surface area contributed by atoms with Crippen molar-refractivity contribution in [2.45, 2.75) is 13.0 Å². The monoisotopic (exact) mass is 382 g/mol. The van der Waals surface area contributed by atoms with Gasteiger partial charge in [0.2, 0.25) is 11.8 Å². The maximum absolute atomic E-state index is 12.0. The Balaban J connectivity index is 1.67. The number of nitrogens with zero attached hydrogens (tertiary/aromatic N) is 2. The zero-order valence-corrected chi connectivity index (χ0v) is 16.1. The largest absolute Gasteiger partial charge is 0.360 e. The van der Waals surface area contributed by atoms with Crippen molar-refractivity contribution in [3.63, 3.8) is 0 Å². The van der Waals surface area contributed by atoms with Crippen molar-refractivity contribution in [2.24, 2.45) is 0 Å².